The van der Waals surface area contributed by atoms with Gasteiger partial charge < -0.3 is 33.7 Å². The van der Waals surface area contributed by atoms with Crippen molar-refractivity contribution in [3.63, 3.8) is 0 Å². The van der Waals surface area contributed by atoms with Crippen LogP contribution in [-0.4, -0.2) is 78.8 Å². The second kappa shape index (κ2) is 10.3. The molecule has 13 heteroatoms. The first-order valence-electron chi connectivity index (χ1n) is 11.5. The zero-order chi connectivity index (χ0) is 26.0. The molecule has 0 aliphatic carbocycles. The molecule has 0 spiro atoms. The normalized spacial score (nSPS) is 13.6. The van der Waals surface area contributed by atoms with Gasteiger partial charge in [0.25, 0.3) is 5.56 Å². The average Bonchev–Trinajstić information content (AvgIpc) is 3.25. The minimum atomic E-state index is -0.662. The maximum atomic E-state index is 13.3. The van der Waals surface area contributed by atoms with Gasteiger partial charge in [0.05, 0.1) is 59.6 Å². The summed E-state index contributed by atoms with van der Waals surface area (Å²) in [5.74, 6) is 0.940. The SMILES string of the molecule is COc1cc(C(=O)OCCn2c(=O)c3c(nc(N4CC[NH2+]CC4)n3C)n(C)c2=O)cc(OC)c1OC. The maximum absolute atomic E-state index is 13.3. The number of nitrogens with two attached hydrogens (primary N) is 1. The smallest absolute Gasteiger partial charge is 0.338 e. The number of nitrogens with zero attached hydrogens (tertiary/aromatic N) is 5. The van der Waals surface area contributed by atoms with Crippen LogP contribution in [0.1, 0.15) is 10.4 Å². The van der Waals surface area contributed by atoms with Gasteiger partial charge in [-0.1, -0.05) is 0 Å². The van der Waals surface area contributed by atoms with E-state index < -0.39 is 17.2 Å². The number of rotatable bonds is 8. The fourth-order valence-electron chi connectivity index (χ4n) is 4.37. The number of hydrogen-bond donors (Lipinski definition) is 1. The third kappa shape index (κ3) is 4.37. The van der Waals surface area contributed by atoms with E-state index in [1.54, 1.807) is 18.7 Å². The number of fused-ring (bicyclic) bond motifs is 1. The zero-order valence-electron chi connectivity index (χ0n) is 21.1. The van der Waals surface area contributed by atoms with Crippen LogP contribution < -0.4 is 35.7 Å². The number of carbonyl (C=O) groups is 1. The van der Waals surface area contributed by atoms with Crippen LogP contribution in [0.25, 0.3) is 11.2 Å². The lowest BCUT2D eigenvalue weighted by Gasteiger charge is -2.25. The number of methoxy groups -OCH3 is 3. The molecule has 0 radical (unpaired) electrons. The quantitative estimate of drug-likeness (QED) is 0.372. The number of aryl methyl sites for hydroxylation is 2. The first-order valence-corrected chi connectivity index (χ1v) is 11.5. The van der Waals surface area contributed by atoms with Gasteiger partial charge in [0.1, 0.15) is 6.61 Å². The van der Waals surface area contributed by atoms with Crippen molar-refractivity contribution in [2.75, 3.05) is 59.0 Å². The molecule has 3 heterocycles. The minimum absolute atomic E-state index is 0.114. The van der Waals surface area contributed by atoms with Crippen molar-refractivity contribution in [2.24, 2.45) is 14.1 Å². The number of benzene rings is 1. The largest absolute Gasteiger partial charge is 0.493 e. The van der Waals surface area contributed by atoms with Gasteiger partial charge in [-0.05, 0) is 12.1 Å². The highest BCUT2D eigenvalue weighted by molar-refractivity contribution is 5.91. The Morgan fingerprint density at radius 1 is 1.00 bits per heavy atom. The minimum Gasteiger partial charge on any atom is -0.493 e. The summed E-state index contributed by atoms with van der Waals surface area (Å²) in [5, 5.41) is 2.22. The summed E-state index contributed by atoms with van der Waals surface area (Å²) < 4.78 is 25.3. The van der Waals surface area contributed by atoms with Crippen molar-refractivity contribution in [1.29, 1.82) is 0 Å². The van der Waals surface area contributed by atoms with Crippen molar-refractivity contribution in [1.82, 2.24) is 18.7 Å². The molecule has 1 aromatic carbocycles. The van der Waals surface area contributed by atoms with Gasteiger partial charge in [-0.3, -0.25) is 13.9 Å². The monoisotopic (exact) mass is 503 g/mol. The molecule has 1 aliphatic heterocycles. The Hall–Kier alpha value is -4.00. The standard InChI is InChI=1S/C23H30N6O7/c1-26-17-19(25-22(26)28-8-6-24-7-9-28)27(2)23(32)29(20(17)30)10-11-36-21(31)14-12-15(33-3)18(35-5)16(13-14)34-4/h12-13,24H,6-11H2,1-5H3/p+1. The Labute approximate surface area is 206 Å². The van der Waals surface area contributed by atoms with Crippen LogP contribution in [-0.2, 0) is 25.4 Å². The van der Waals surface area contributed by atoms with Gasteiger partial charge in [0.2, 0.25) is 11.7 Å². The van der Waals surface area contributed by atoms with E-state index >= 15 is 0 Å². The number of carbonyl (C=O) groups excluding carboxylic acids is 1. The molecule has 0 saturated carbocycles. The molecule has 3 aromatic rings. The van der Waals surface area contributed by atoms with Gasteiger partial charge >= 0.3 is 11.7 Å². The van der Waals surface area contributed by atoms with Crippen LogP contribution in [0.4, 0.5) is 5.95 Å². The summed E-state index contributed by atoms with van der Waals surface area (Å²) in [7, 11) is 7.69. The molecule has 36 heavy (non-hydrogen) atoms. The second-order valence-corrected chi connectivity index (χ2v) is 8.34. The van der Waals surface area contributed by atoms with Crippen LogP contribution in [0.15, 0.2) is 21.7 Å². The van der Waals surface area contributed by atoms with Gasteiger partial charge in [-0.15, -0.1) is 0 Å². The van der Waals surface area contributed by atoms with Crippen LogP contribution in [0.5, 0.6) is 17.2 Å². The maximum Gasteiger partial charge on any atom is 0.338 e. The Morgan fingerprint density at radius 2 is 1.64 bits per heavy atom. The summed E-state index contributed by atoms with van der Waals surface area (Å²) in [5.41, 5.74) is -0.203. The highest BCUT2D eigenvalue weighted by Gasteiger charge is 2.24. The number of ether oxygens (including phenoxy) is 4. The molecule has 1 fully saturated rings. The lowest BCUT2D eigenvalue weighted by atomic mass is 10.2. The molecule has 0 amide bonds. The number of imidazole rings is 1. The Kier molecular flexibility index (Phi) is 7.20. The highest BCUT2D eigenvalue weighted by atomic mass is 16.5. The average molecular weight is 504 g/mol. The number of piperazine rings is 1. The van der Waals surface area contributed by atoms with E-state index in [1.807, 2.05) is 0 Å². The van der Waals surface area contributed by atoms with E-state index in [2.05, 4.69) is 15.2 Å². The van der Waals surface area contributed by atoms with Crippen molar-refractivity contribution in [3.05, 3.63) is 38.5 Å². The molecule has 1 saturated heterocycles. The third-order valence-corrected chi connectivity index (χ3v) is 6.27. The van der Waals surface area contributed by atoms with Crippen molar-refractivity contribution >= 4 is 23.1 Å². The molecule has 194 valence electrons. The van der Waals surface area contributed by atoms with Crippen molar-refractivity contribution < 1.29 is 29.1 Å². The van der Waals surface area contributed by atoms with Gasteiger partial charge in [-0.25, -0.2) is 9.59 Å². The summed E-state index contributed by atoms with van der Waals surface area (Å²) in [6.07, 6.45) is 0. The van der Waals surface area contributed by atoms with Crippen molar-refractivity contribution in [2.45, 2.75) is 6.54 Å². The number of aromatic nitrogens is 4. The number of hydrogen-bond acceptors (Lipinski definition) is 9. The van der Waals surface area contributed by atoms with E-state index in [1.165, 1.54) is 38.0 Å². The Balaban J connectivity index is 1.58. The first kappa shape index (κ1) is 25.1. The molecular formula is C23H31N6O7+. The fraction of sp³-hybridized carbons (Fsp3) is 0.478. The summed E-state index contributed by atoms with van der Waals surface area (Å²) >= 11 is 0. The predicted octanol–water partition coefficient (Wildman–Crippen LogP) is -1.30. The number of esters is 1. The molecule has 13 nitrogen and oxygen atoms in total. The summed E-state index contributed by atoms with van der Waals surface area (Å²) in [6.45, 7) is 3.17. The van der Waals surface area contributed by atoms with E-state index in [0.717, 1.165) is 30.7 Å². The lowest BCUT2D eigenvalue weighted by Crippen LogP contribution is -2.89. The third-order valence-electron chi connectivity index (χ3n) is 6.27. The fourth-order valence-corrected chi connectivity index (χ4v) is 4.37. The Bertz CT molecular complexity index is 1380. The predicted molar refractivity (Wildman–Crippen MR) is 130 cm³/mol. The van der Waals surface area contributed by atoms with E-state index in [-0.39, 0.29) is 18.7 Å². The zero-order valence-corrected chi connectivity index (χ0v) is 21.1. The summed E-state index contributed by atoms with van der Waals surface area (Å²) in [4.78, 5) is 45.6. The van der Waals surface area contributed by atoms with Gasteiger partial charge in [0, 0.05) is 14.1 Å². The lowest BCUT2D eigenvalue weighted by molar-refractivity contribution is -0.655. The van der Waals surface area contributed by atoms with Crippen LogP contribution in [0.3, 0.4) is 0 Å². The number of quaternary nitrogens is 1. The van der Waals surface area contributed by atoms with Crippen LogP contribution >= 0.6 is 0 Å². The molecule has 1 aliphatic rings. The Morgan fingerprint density at radius 3 is 2.22 bits per heavy atom. The topological polar surface area (TPSA) is 136 Å². The summed E-state index contributed by atoms with van der Waals surface area (Å²) in [6, 6.07) is 2.94. The molecule has 0 atom stereocenters. The number of anilines is 1. The van der Waals surface area contributed by atoms with E-state index in [9.17, 15) is 14.4 Å². The van der Waals surface area contributed by atoms with Gasteiger partial charge in [-0.2, -0.15) is 4.98 Å². The molecule has 2 N–H and O–H groups in total. The van der Waals surface area contributed by atoms with Crippen molar-refractivity contribution in [3.8, 4) is 17.2 Å². The second-order valence-electron chi connectivity index (χ2n) is 8.34. The van der Waals surface area contributed by atoms with E-state index in [0.29, 0.717) is 34.4 Å². The van der Waals surface area contributed by atoms with Gasteiger partial charge in [0.15, 0.2) is 22.7 Å². The van der Waals surface area contributed by atoms with Crippen LogP contribution in [0.2, 0.25) is 0 Å². The molecular weight excluding hydrogens is 472 g/mol. The van der Waals surface area contributed by atoms with E-state index in [4.69, 9.17) is 18.9 Å². The molecule has 0 bridgehead atoms. The molecule has 0 unspecified atom stereocenters. The molecule has 4 rings (SSSR count). The highest BCUT2D eigenvalue weighted by Crippen LogP contribution is 2.38. The van der Waals surface area contributed by atoms with Crippen LogP contribution in [0, 0.1) is 0 Å². The first-order chi connectivity index (χ1) is 17.3. The molecule has 2 aromatic heterocycles.